The zero-order chi connectivity index (χ0) is 14.9. The summed E-state index contributed by atoms with van der Waals surface area (Å²) in [4.78, 5) is 0. The van der Waals surface area contributed by atoms with Gasteiger partial charge in [0.05, 0.1) is 0 Å². The van der Waals surface area contributed by atoms with E-state index in [1.54, 1.807) is 0 Å². The Morgan fingerprint density at radius 3 is 2.67 bits per heavy atom. The van der Waals surface area contributed by atoms with Crippen molar-refractivity contribution < 1.29 is 10.2 Å². The summed E-state index contributed by atoms with van der Waals surface area (Å²) in [7, 11) is 0. The molecule has 2 N–H and O–H groups in total. The van der Waals surface area contributed by atoms with Crippen molar-refractivity contribution in [3.8, 4) is 0 Å². The van der Waals surface area contributed by atoms with Gasteiger partial charge in [-0.2, -0.15) is 0 Å². The van der Waals surface area contributed by atoms with Gasteiger partial charge in [-0.3, -0.25) is 0 Å². The summed E-state index contributed by atoms with van der Waals surface area (Å²) in [6.07, 6.45) is 16.3. The van der Waals surface area contributed by atoms with Crippen LogP contribution >= 0.6 is 0 Å². The van der Waals surface area contributed by atoms with Crippen molar-refractivity contribution >= 4 is 0 Å². The van der Waals surface area contributed by atoms with Gasteiger partial charge in [-0.15, -0.1) is 0 Å². The summed E-state index contributed by atoms with van der Waals surface area (Å²) in [5.74, 6) is 0.0129. The van der Waals surface area contributed by atoms with Crippen molar-refractivity contribution in [2.75, 3.05) is 0 Å². The molecule has 21 heavy (non-hydrogen) atoms. The fourth-order valence-electron chi connectivity index (χ4n) is 5.78. The van der Waals surface area contributed by atoms with Crippen LogP contribution in [0.4, 0.5) is 0 Å². The molecule has 0 aromatic heterocycles. The van der Waals surface area contributed by atoms with Gasteiger partial charge in [0.2, 0.25) is 0 Å². The van der Waals surface area contributed by atoms with Crippen LogP contribution in [0.3, 0.4) is 0 Å². The Hall–Kier alpha value is -0.860. The lowest BCUT2D eigenvalue weighted by Crippen LogP contribution is -2.53. The average Bonchev–Trinajstić information content (AvgIpc) is 2.69. The van der Waals surface area contributed by atoms with Crippen LogP contribution in [0.15, 0.2) is 36.0 Å². The number of allylic oxidation sites excluding steroid dienone is 6. The predicted octanol–water partition coefficient (Wildman–Crippen LogP) is 3.57. The predicted molar refractivity (Wildman–Crippen MR) is 83.3 cm³/mol. The fourth-order valence-corrected chi connectivity index (χ4v) is 5.78. The number of fused-ring (bicyclic) bond motifs is 5. The highest BCUT2D eigenvalue weighted by Crippen LogP contribution is 2.64. The quantitative estimate of drug-likeness (QED) is 0.528. The lowest BCUT2D eigenvalue weighted by atomic mass is 9.50. The minimum Gasteiger partial charge on any atom is -0.365 e. The van der Waals surface area contributed by atoms with Gasteiger partial charge in [-0.1, -0.05) is 44.2 Å². The summed E-state index contributed by atoms with van der Waals surface area (Å²) in [5, 5.41) is 20.9. The van der Waals surface area contributed by atoms with Gasteiger partial charge in [-0.25, -0.2) is 0 Å². The van der Waals surface area contributed by atoms with E-state index in [-0.39, 0.29) is 10.8 Å². The third-order valence-electron chi connectivity index (χ3n) is 7.27. The summed E-state index contributed by atoms with van der Waals surface area (Å²) < 4.78 is 0. The Morgan fingerprint density at radius 1 is 1.10 bits per heavy atom. The van der Waals surface area contributed by atoms with Gasteiger partial charge >= 0.3 is 0 Å². The fraction of sp³-hybridized carbons (Fsp3) is 0.684. The Labute approximate surface area is 127 Å². The molecule has 0 aromatic rings. The maximum Gasteiger partial charge on any atom is 0.168 e. The Bertz CT molecular complexity index is 556. The molecule has 0 aromatic carbocycles. The lowest BCUT2D eigenvalue weighted by Gasteiger charge is -2.55. The smallest absolute Gasteiger partial charge is 0.168 e. The molecule has 0 bridgehead atoms. The normalized spacial score (nSPS) is 50.1. The molecule has 0 spiro atoms. The van der Waals surface area contributed by atoms with E-state index in [9.17, 15) is 10.2 Å². The van der Waals surface area contributed by atoms with Crippen LogP contribution in [-0.2, 0) is 0 Å². The molecule has 0 heterocycles. The molecule has 0 aliphatic heterocycles. The highest BCUT2D eigenvalue weighted by molar-refractivity contribution is 5.40. The molecule has 2 saturated carbocycles. The van der Waals surface area contributed by atoms with Crippen LogP contribution < -0.4 is 0 Å². The van der Waals surface area contributed by atoms with Crippen LogP contribution in [-0.4, -0.2) is 16.0 Å². The van der Waals surface area contributed by atoms with Crippen molar-refractivity contribution in [2.45, 2.75) is 51.7 Å². The minimum atomic E-state index is -1.48. The third kappa shape index (κ3) is 1.61. The van der Waals surface area contributed by atoms with E-state index >= 15 is 0 Å². The molecule has 0 unspecified atom stereocenters. The number of hydrogen-bond acceptors (Lipinski definition) is 2. The van der Waals surface area contributed by atoms with Gasteiger partial charge < -0.3 is 10.2 Å². The standard InChI is InChI=1S/C19H26O2/c1-17-10-4-3-5-13(17)6-7-14-15(17)8-11-18(2)16(14)9-12-19(18,20)21/h4-7,10,14-16,20-21H,3,8-9,11-12H2,1-2H3/t14-,15-,16+,17+,18+/m1/s1. The molecule has 4 rings (SSSR count). The zero-order valence-electron chi connectivity index (χ0n) is 13.0. The van der Waals surface area contributed by atoms with Gasteiger partial charge in [-0.05, 0) is 49.0 Å². The Morgan fingerprint density at radius 2 is 1.86 bits per heavy atom. The molecule has 2 nitrogen and oxygen atoms in total. The van der Waals surface area contributed by atoms with E-state index in [4.69, 9.17) is 0 Å². The molecule has 0 radical (unpaired) electrons. The Balaban J connectivity index is 1.77. The van der Waals surface area contributed by atoms with E-state index < -0.39 is 5.79 Å². The first kappa shape index (κ1) is 13.8. The number of aliphatic hydroxyl groups is 2. The second-order valence-electron chi connectivity index (χ2n) is 8.04. The van der Waals surface area contributed by atoms with Gasteiger partial charge in [0, 0.05) is 17.3 Å². The van der Waals surface area contributed by atoms with Crippen molar-refractivity contribution in [2.24, 2.45) is 28.6 Å². The maximum atomic E-state index is 10.4. The summed E-state index contributed by atoms with van der Waals surface area (Å²) in [6.45, 7) is 4.47. The first-order valence-electron chi connectivity index (χ1n) is 8.40. The molecule has 4 aliphatic rings. The van der Waals surface area contributed by atoms with Crippen molar-refractivity contribution in [1.82, 2.24) is 0 Å². The third-order valence-corrected chi connectivity index (χ3v) is 7.27. The topological polar surface area (TPSA) is 40.5 Å². The van der Waals surface area contributed by atoms with Crippen molar-refractivity contribution in [3.63, 3.8) is 0 Å². The molecule has 0 amide bonds. The Kier molecular flexibility index (Phi) is 2.70. The van der Waals surface area contributed by atoms with Crippen molar-refractivity contribution in [3.05, 3.63) is 36.0 Å². The zero-order valence-corrected chi connectivity index (χ0v) is 13.0. The van der Waals surface area contributed by atoms with Crippen LogP contribution in [0.1, 0.15) is 46.0 Å². The van der Waals surface area contributed by atoms with Crippen LogP contribution in [0.25, 0.3) is 0 Å². The van der Waals surface area contributed by atoms with Gasteiger partial charge in [0.1, 0.15) is 0 Å². The van der Waals surface area contributed by atoms with Gasteiger partial charge in [0.25, 0.3) is 0 Å². The highest BCUT2D eigenvalue weighted by Gasteiger charge is 2.62. The molecular weight excluding hydrogens is 260 g/mol. The second kappa shape index (κ2) is 4.11. The molecule has 0 saturated heterocycles. The maximum absolute atomic E-state index is 10.4. The number of hydrogen-bond donors (Lipinski definition) is 2. The summed E-state index contributed by atoms with van der Waals surface area (Å²) in [5.41, 5.74) is 1.27. The van der Waals surface area contributed by atoms with Crippen LogP contribution in [0.5, 0.6) is 0 Å². The average molecular weight is 286 g/mol. The van der Waals surface area contributed by atoms with Gasteiger partial charge in [0.15, 0.2) is 5.79 Å². The van der Waals surface area contributed by atoms with Crippen LogP contribution in [0, 0.1) is 28.6 Å². The molecular formula is C19H26O2. The summed E-state index contributed by atoms with van der Waals surface area (Å²) >= 11 is 0. The van der Waals surface area contributed by atoms with Crippen molar-refractivity contribution in [1.29, 1.82) is 0 Å². The molecule has 5 atom stereocenters. The lowest BCUT2D eigenvalue weighted by molar-refractivity contribution is -0.243. The van der Waals surface area contributed by atoms with E-state index in [1.165, 1.54) is 5.57 Å². The highest BCUT2D eigenvalue weighted by atomic mass is 16.5. The van der Waals surface area contributed by atoms with E-state index in [1.807, 2.05) is 0 Å². The minimum absolute atomic E-state index is 0.148. The second-order valence-corrected chi connectivity index (χ2v) is 8.04. The van der Waals surface area contributed by atoms with E-state index in [0.29, 0.717) is 24.2 Å². The largest absolute Gasteiger partial charge is 0.365 e. The molecule has 2 fully saturated rings. The van der Waals surface area contributed by atoms with Crippen LogP contribution in [0.2, 0.25) is 0 Å². The first-order valence-corrected chi connectivity index (χ1v) is 8.40. The molecule has 4 aliphatic carbocycles. The SMILES string of the molecule is C[C@]12C=CCC=C1C=C[C@@H]1[C@H]2CC[C@@]2(C)[C@H]1CCC2(O)O. The van der Waals surface area contributed by atoms with E-state index in [0.717, 1.165) is 25.7 Å². The first-order chi connectivity index (χ1) is 9.88. The molecule has 114 valence electrons. The number of rotatable bonds is 0. The monoisotopic (exact) mass is 286 g/mol. The summed E-state index contributed by atoms with van der Waals surface area (Å²) in [6, 6.07) is 0. The molecule has 2 heteroatoms. The van der Waals surface area contributed by atoms with E-state index in [2.05, 4.69) is 44.2 Å².